The van der Waals surface area contributed by atoms with E-state index in [1.54, 1.807) is 0 Å². The predicted octanol–water partition coefficient (Wildman–Crippen LogP) is 1.09. The van der Waals surface area contributed by atoms with Gasteiger partial charge in [-0.05, 0) is 25.1 Å². The average molecular weight is 193 g/mol. The van der Waals surface area contributed by atoms with Gasteiger partial charge < -0.3 is 10.6 Å². The lowest BCUT2D eigenvalue weighted by Gasteiger charge is -2.06. The third kappa shape index (κ3) is 3.85. The van der Waals surface area contributed by atoms with Crippen molar-refractivity contribution in [2.24, 2.45) is 0 Å². The topological polar surface area (TPSA) is 37.0 Å². The molecule has 0 spiro atoms. The van der Waals surface area contributed by atoms with E-state index in [9.17, 15) is 0 Å². The van der Waals surface area contributed by atoms with E-state index < -0.39 is 0 Å². The van der Waals surface area contributed by atoms with E-state index in [1.807, 2.05) is 19.2 Å². The summed E-state index contributed by atoms with van der Waals surface area (Å²) in [7, 11) is 0. The molecule has 0 radical (unpaired) electrons. The summed E-state index contributed by atoms with van der Waals surface area (Å²) in [6, 6.07) is 4.09. The second-order valence-corrected chi connectivity index (χ2v) is 3.28. The number of aryl methyl sites for hydroxylation is 1. The summed E-state index contributed by atoms with van der Waals surface area (Å²) in [5.41, 5.74) is 2.40. The Morgan fingerprint density at radius 1 is 1.29 bits per heavy atom. The molecular weight excluding hydrogens is 174 g/mol. The van der Waals surface area contributed by atoms with Crippen molar-refractivity contribution in [2.45, 2.75) is 20.4 Å². The van der Waals surface area contributed by atoms with Crippen LogP contribution in [-0.4, -0.2) is 24.6 Å². The predicted molar refractivity (Wildman–Crippen MR) is 59.2 cm³/mol. The number of rotatable bonds is 6. The van der Waals surface area contributed by atoms with Gasteiger partial charge in [-0.1, -0.05) is 13.0 Å². The first-order valence-electron chi connectivity index (χ1n) is 5.16. The van der Waals surface area contributed by atoms with Crippen LogP contribution in [0.2, 0.25) is 0 Å². The molecule has 3 heteroatoms. The molecule has 0 unspecified atom stereocenters. The average Bonchev–Trinajstić information content (AvgIpc) is 2.20. The van der Waals surface area contributed by atoms with E-state index in [-0.39, 0.29) is 0 Å². The van der Waals surface area contributed by atoms with Gasteiger partial charge in [0.1, 0.15) is 0 Å². The van der Waals surface area contributed by atoms with Crippen molar-refractivity contribution in [3.8, 4) is 0 Å². The zero-order valence-electron chi connectivity index (χ0n) is 9.01. The summed E-state index contributed by atoms with van der Waals surface area (Å²) in [5.74, 6) is 0. The number of nitrogens with one attached hydrogen (secondary N) is 2. The summed E-state index contributed by atoms with van der Waals surface area (Å²) in [6.07, 6.45) is 1.83. The number of pyridine rings is 1. The first kappa shape index (κ1) is 11.1. The molecule has 14 heavy (non-hydrogen) atoms. The third-order valence-corrected chi connectivity index (χ3v) is 2.16. The van der Waals surface area contributed by atoms with Crippen LogP contribution >= 0.6 is 0 Å². The smallest absolute Gasteiger partial charge is 0.0417 e. The Bertz CT molecular complexity index is 260. The second kappa shape index (κ2) is 6.51. The Hall–Kier alpha value is -0.930. The van der Waals surface area contributed by atoms with Crippen LogP contribution in [0.15, 0.2) is 18.3 Å². The molecule has 0 aliphatic carbocycles. The molecule has 0 saturated heterocycles. The minimum absolute atomic E-state index is 0.908. The van der Waals surface area contributed by atoms with Crippen molar-refractivity contribution >= 4 is 0 Å². The highest BCUT2D eigenvalue weighted by atomic mass is 14.9. The fourth-order valence-corrected chi connectivity index (χ4v) is 1.28. The van der Waals surface area contributed by atoms with Crippen molar-refractivity contribution in [3.05, 3.63) is 29.6 Å². The molecule has 1 rings (SSSR count). The molecular formula is C11H19N3. The van der Waals surface area contributed by atoms with Gasteiger partial charge >= 0.3 is 0 Å². The normalized spacial score (nSPS) is 10.4. The lowest BCUT2D eigenvalue weighted by molar-refractivity contribution is 0.622. The summed E-state index contributed by atoms with van der Waals surface area (Å²) in [4.78, 5) is 4.24. The van der Waals surface area contributed by atoms with Crippen LogP contribution in [0.5, 0.6) is 0 Å². The number of aromatic nitrogens is 1. The SMILES string of the molecule is CCNCCNCc1cccnc1C. The zero-order valence-corrected chi connectivity index (χ0v) is 9.01. The Morgan fingerprint density at radius 2 is 2.07 bits per heavy atom. The standard InChI is InChI=1S/C11H19N3/c1-3-12-7-8-13-9-11-5-4-6-14-10(11)2/h4-6,12-13H,3,7-9H2,1-2H3. The summed E-state index contributed by atoms with van der Waals surface area (Å²) in [6.45, 7) is 8.13. The first-order chi connectivity index (χ1) is 6.84. The van der Waals surface area contributed by atoms with Crippen LogP contribution in [0.25, 0.3) is 0 Å². The van der Waals surface area contributed by atoms with Crippen molar-refractivity contribution in [1.29, 1.82) is 0 Å². The highest BCUT2D eigenvalue weighted by molar-refractivity contribution is 5.17. The number of hydrogen-bond acceptors (Lipinski definition) is 3. The number of nitrogens with zero attached hydrogens (tertiary/aromatic N) is 1. The quantitative estimate of drug-likeness (QED) is 0.664. The van der Waals surface area contributed by atoms with E-state index >= 15 is 0 Å². The van der Waals surface area contributed by atoms with Gasteiger partial charge in [-0.3, -0.25) is 4.98 Å². The van der Waals surface area contributed by atoms with Crippen molar-refractivity contribution in [2.75, 3.05) is 19.6 Å². The Labute approximate surface area is 85.9 Å². The maximum atomic E-state index is 4.24. The molecule has 78 valence electrons. The van der Waals surface area contributed by atoms with E-state index in [1.165, 1.54) is 5.56 Å². The van der Waals surface area contributed by atoms with Gasteiger partial charge in [-0.2, -0.15) is 0 Å². The minimum Gasteiger partial charge on any atom is -0.316 e. The molecule has 0 aliphatic heterocycles. The third-order valence-electron chi connectivity index (χ3n) is 2.16. The van der Waals surface area contributed by atoms with Crippen LogP contribution < -0.4 is 10.6 Å². The fraction of sp³-hybridized carbons (Fsp3) is 0.545. The molecule has 2 N–H and O–H groups in total. The molecule has 1 aromatic heterocycles. The Balaban J connectivity index is 2.21. The number of likely N-dealkylation sites (N-methyl/N-ethyl adjacent to an activating group) is 1. The molecule has 0 aliphatic rings. The van der Waals surface area contributed by atoms with Crippen molar-refractivity contribution in [3.63, 3.8) is 0 Å². The van der Waals surface area contributed by atoms with Crippen LogP contribution in [0, 0.1) is 6.92 Å². The lowest BCUT2D eigenvalue weighted by atomic mass is 10.2. The molecule has 0 aromatic carbocycles. The molecule has 0 atom stereocenters. The number of hydrogen-bond donors (Lipinski definition) is 2. The monoisotopic (exact) mass is 193 g/mol. The van der Waals surface area contributed by atoms with E-state index in [2.05, 4.69) is 28.6 Å². The van der Waals surface area contributed by atoms with Gasteiger partial charge in [0.2, 0.25) is 0 Å². The van der Waals surface area contributed by atoms with Crippen molar-refractivity contribution in [1.82, 2.24) is 15.6 Å². The minimum atomic E-state index is 0.908. The van der Waals surface area contributed by atoms with Gasteiger partial charge in [0, 0.05) is 31.5 Å². The molecule has 0 saturated carbocycles. The van der Waals surface area contributed by atoms with Crippen LogP contribution in [0.1, 0.15) is 18.2 Å². The van der Waals surface area contributed by atoms with Crippen molar-refractivity contribution < 1.29 is 0 Å². The largest absolute Gasteiger partial charge is 0.316 e. The zero-order chi connectivity index (χ0) is 10.2. The van der Waals surface area contributed by atoms with E-state index in [4.69, 9.17) is 0 Å². The van der Waals surface area contributed by atoms with Crippen LogP contribution in [0.3, 0.4) is 0 Å². The summed E-state index contributed by atoms with van der Waals surface area (Å²) < 4.78 is 0. The van der Waals surface area contributed by atoms with Gasteiger partial charge in [0.05, 0.1) is 0 Å². The maximum absolute atomic E-state index is 4.24. The van der Waals surface area contributed by atoms with Crippen LogP contribution in [-0.2, 0) is 6.54 Å². The van der Waals surface area contributed by atoms with Crippen LogP contribution in [0.4, 0.5) is 0 Å². The lowest BCUT2D eigenvalue weighted by Crippen LogP contribution is -2.27. The fourth-order valence-electron chi connectivity index (χ4n) is 1.28. The molecule has 3 nitrogen and oxygen atoms in total. The first-order valence-corrected chi connectivity index (χ1v) is 5.16. The van der Waals surface area contributed by atoms with Gasteiger partial charge in [-0.15, -0.1) is 0 Å². The van der Waals surface area contributed by atoms with E-state index in [0.717, 1.165) is 31.9 Å². The summed E-state index contributed by atoms with van der Waals surface area (Å²) in [5, 5.41) is 6.65. The molecule has 0 bridgehead atoms. The highest BCUT2D eigenvalue weighted by Gasteiger charge is 1.96. The van der Waals surface area contributed by atoms with E-state index in [0.29, 0.717) is 0 Å². The highest BCUT2D eigenvalue weighted by Crippen LogP contribution is 2.01. The Kier molecular flexibility index (Phi) is 5.19. The van der Waals surface area contributed by atoms with Gasteiger partial charge in [0.25, 0.3) is 0 Å². The second-order valence-electron chi connectivity index (χ2n) is 3.28. The van der Waals surface area contributed by atoms with Gasteiger partial charge in [-0.25, -0.2) is 0 Å². The molecule has 1 aromatic rings. The molecule has 0 amide bonds. The summed E-state index contributed by atoms with van der Waals surface area (Å²) >= 11 is 0. The van der Waals surface area contributed by atoms with Gasteiger partial charge in [0.15, 0.2) is 0 Å². The molecule has 1 heterocycles. The Morgan fingerprint density at radius 3 is 2.79 bits per heavy atom. The molecule has 0 fully saturated rings. The maximum Gasteiger partial charge on any atom is 0.0417 e.